The quantitative estimate of drug-likeness (QED) is 0.732. The fourth-order valence-electron chi connectivity index (χ4n) is 1.78. The monoisotopic (exact) mass is 276 g/mol. The third-order valence-corrected chi connectivity index (χ3v) is 2.79. The zero-order chi connectivity index (χ0) is 14.2. The van der Waals surface area contributed by atoms with Crippen molar-refractivity contribution in [2.24, 2.45) is 0 Å². The van der Waals surface area contributed by atoms with Crippen LogP contribution in [-0.2, 0) is 4.74 Å². The van der Waals surface area contributed by atoms with E-state index in [0.29, 0.717) is 21.5 Å². The van der Waals surface area contributed by atoms with E-state index < -0.39 is 11.7 Å². The highest BCUT2D eigenvalue weighted by Crippen LogP contribution is 2.28. The first kappa shape index (κ1) is 13.4. The number of hydrogen-bond donors (Lipinski definition) is 0. The minimum atomic E-state index is -0.609. The third-order valence-electron chi connectivity index (χ3n) is 2.49. The van der Waals surface area contributed by atoms with Gasteiger partial charge in [-0.2, -0.15) is 5.26 Å². The van der Waals surface area contributed by atoms with E-state index in [1.54, 1.807) is 39.0 Å². The lowest BCUT2D eigenvalue weighted by Crippen LogP contribution is -2.26. The van der Waals surface area contributed by atoms with E-state index in [2.05, 4.69) is 0 Å². The van der Waals surface area contributed by atoms with Crippen LogP contribution in [0, 0.1) is 11.3 Å². The summed E-state index contributed by atoms with van der Waals surface area (Å²) < 4.78 is 6.58. The second kappa shape index (κ2) is 4.60. The highest BCUT2D eigenvalue weighted by molar-refractivity contribution is 6.35. The van der Waals surface area contributed by atoms with Crippen molar-refractivity contribution in [2.45, 2.75) is 26.4 Å². The van der Waals surface area contributed by atoms with Crippen molar-refractivity contribution >= 4 is 28.6 Å². The molecule has 0 aliphatic carbocycles. The molecule has 2 rings (SSSR count). The van der Waals surface area contributed by atoms with Gasteiger partial charge in [-0.25, -0.2) is 9.36 Å². The van der Waals surface area contributed by atoms with E-state index in [1.165, 1.54) is 10.8 Å². The third kappa shape index (κ3) is 2.56. The molecule has 0 unspecified atom stereocenters. The van der Waals surface area contributed by atoms with Crippen molar-refractivity contribution in [3.63, 3.8) is 0 Å². The molecule has 5 heteroatoms. The molecule has 4 nitrogen and oxygen atoms in total. The van der Waals surface area contributed by atoms with Crippen LogP contribution in [-0.4, -0.2) is 16.3 Å². The normalized spacial score (nSPS) is 11.3. The summed E-state index contributed by atoms with van der Waals surface area (Å²) in [6, 6.07) is 7.21. The van der Waals surface area contributed by atoms with E-state index in [4.69, 9.17) is 21.6 Å². The van der Waals surface area contributed by atoms with Crippen molar-refractivity contribution in [1.29, 1.82) is 5.26 Å². The molecule has 1 heterocycles. The van der Waals surface area contributed by atoms with Gasteiger partial charge in [-0.3, -0.25) is 0 Å². The van der Waals surface area contributed by atoms with E-state index in [1.807, 2.05) is 6.07 Å². The Balaban J connectivity index is 2.62. The lowest BCUT2D eigenvalue weighted by atomic mass is 10.2. The summed E-state index contributed by atoms with van der Waals surface area (Å²) in [6.45, 7) is 5.34. The van der Waals surface area contributed by atoms with Gasteiger partial charge < -0.3 is 4.74 Å². The predicted molar refractivity (Wildman–Crippen MR) is 73.3 cm³/mol. The first-order valence-electron chi connectivity index (χ1n) is 5.76. The van der Waals surface area contributed by atoms with Crippen LogP contribution in [0.2, 0.25) is 5.02 Å². The minimum absolute atomic E-state index is 0.392. The molecule has 0 fully saturated rings. The standard InChI is InChI=1S/C14H13ClN2O2/c1-14(2,3)19-13(18)17-8-9(7-16)10-5-4-6-11(15)12(10)17/h4-6,8H,1-3H3. The molecule has 19 heavy (non-hydrogen) atoms. The maximum absolute atomic E-state index is 12.1. The summed E-state index contributed by atoms with van der Waals surface area (Å²) >= 11 is 6.11. The molecular weight excluding hydrogens is 264 g/mol. The van der Waals surface area contributed by atoms with Gasteiger partial charge >= 0.3 is 6.09 Å². The number of carbonyl (C=O) groups is 1. The summed E-state index contributed by atoms with van der Waals surface area (Å²) in [6.07, 6.45) is 0.900. The average molecular weight is 277 g/mol. The Kier molecular flexibility index (Phi) is 3.25. The van der Waals surface area contributed by atoms with Crippen molar-refractivity contribution in [1.82, 2.24) is 4.57 Å². The fraction of sp³-hybridized carbons (Fsp3) is 0.286. The summed E-state index contributed by atoms with van der Waals surface area (Å²) in [5, 5.41) is 10.1. The fourth-order valence-corrected chi connectivity index (χ4v) is 2.05. The number of hydrogen-bond acceptors (Lipinski definition) is 3. The summed E-state index contributed by atoms with van der Waals surface area (Å²) in [7, 11) is 0. The number of benzene rings is 1. The lowest BCUT2D eigenvalue weighted by molar-refractivity contribution is 0.0544. The van der Waals surface area contributed by atoms with Gasteiger partial charge in [0.2, 0.25) is 0 Å². The van der Waals surface area contributed by atoms with Gasteiger partial charge in [-0.15, -0.1) is 0 Å². The molecule has 0 aliphatic rings. The Hall–Kier alpha value is -1.99. The van der Waals surface area contributed by atoms with E-state index >= 15 is 0 Å². The molecule has 0 saturated heterocycles. The first-order chi connectivity index (χ1) is 8.83. The molecule has 0 spiro atoms. The lowest BCUT2D eigenvalue weighted by Gasteiger charge is -2.19. The molecule has 1 aromatic carbocycles. The van der Waals surface area contributed by atoms with Crippen LogP contribution in [0.15, 0.2) is 24.4 Å². The highest BCUT2D eigenvalue weighted by atomic mass is 35.5. The molecular formula is C14H13ClN2O2. The SMILES string of the molecule is CC(C)(C)OC(=O)n1cc(C#N)c2cccc(Cl)c21. The van der Waals surface area contributed by atoms with Crippen molar-refractivity contribution in [2.75, 3.05) is 0 Å². The predicted octanol–water partition coefficient (Wildman–Crippen LogP) is 3.95. The molecule has 98 valence electrons. The molecule has 0 atom stereocenters. The molecule has 1 aromatic heterocycles. The number of halogens is 1. The van der Waals surface area contributed by atoms with E-state index in [9.17, 15) is 4.79 Å². The van der Waals surface area contributed by atoms with Crippen LogP contribution >= 0.6 is 11.6 Å². The Morgan fingerprint density at radius 3 is 2.68 bits per heavy atom. The number of nitriles is 1. The van der Waals surface area contributed by atoms with Gasteiger partial charge in [0.15, 0.2) is 0 Å². The summed E-state index contributed by atoms with van der Waals surface area (Å²) in [5.41, 5.74) is 0.278. The zero-order valence-corrected chi connectivity index (χ0v) is 11.7. The van der Waals surface area contributed by atoms with Gasteiger partial charge in [0.05, 0.1) is 16.1 Å². The minimum Gasteiger partial charge on any atom is -0.443 e. The van der Waals surface area contributed by atoms with Crippen molar-refractivity contribution in [3.8, 4) is 6.07 Å². The molecule has 0 aliphatic heterocycles. The van der Waals surface area contributed by atoms with Gasteiger partial charge in [-0.1, -0.05) is 23.7 Å². The second-order valence-corrected chi connectivity index (χ2v) is 5.55. The first-order valence-corrected chi connectivity index (χ1v) is 6.14. The zero-order valence-electron chi connectivity index (χ0n) is 10.9. The second-order valence-electron chi connectivity index (χ2n) is 5.14. The van der Waals surface area contributed by atoms with Gasteiger partial charge in [0, 0.05) is 11.6 Å². The van der Waals surface area contributed by atoms with Crippen LogP contribution in [0.25, 0.3) is 10.9 Å². The van der Waals surface area contributed by atoms with Crippen molar-refractivity contribution in [3.05, 3.63) is 35.0 Å². The van der Waals surface area contributed by atoms with Crippen molar-refractivity contribution < 1.29 is 9.53 Å². The summed E-state index contributed by atoms with van der Waals surface area (Å²) in [4.78, 5) is 12.1. The molecule has 0 radical (unpaired) electrons. The van der Waals surface area contributed by atoms with Crippen LogP contribution in [0.4, 0.5) is 4.79 Å². The smallest absolute Gasteiger partial charge is 0.419 e. The Labute approximate surface area is 116 Å². The van der Waals surface area contributed by atoms with E-state index in [-0.39, 0.29) is 0 Å². The van der Waals surface area contributed by atoms with Gasteiger partial charge in [0.25, 0.3) is 0 Å². The highest BCUT2D eigenvalue weighted by Gasteiger charge is 2.21. The van der Waals surface area contributed by atoms with Crippen LogP contribution in [0.1, 0.15) is 26.3 Å². The topological polar surface area (TPSA) is 55.0 Å². The van der Waals surface area contributed by atoms with Gasteiger partial charge in [0.1, 0.15) is 11.7 Å². The van der Waals surface area contributed by atoms with Crippen LogP contribution in [0.5, 0.6) is 0 Å². The Morgan fingerprint density at radius 2 is 2.11 bits per heavy atom. The number of rotatable bonds is 0. The summed E-state index contributed by atoms with van der Waals surface area (Å²) in [5.74, 6) is 0. The number of aromatic nitrogens is 1. The average Bonchev–Trinajstić information content (AvgIpc) is 2.67. The number of fused-ring (bicyclic) bond motifs is 1. The number of carbonyl (C=O) groups excluding carboxylic acids is 1. The van der Waals surface area contributed by atoms with Crippen LogP contribution in [0.3, 0.4) is 0 Å². The molecule has 0 N–H and O–H groups in total. The van der Waals surface area contributed by atoms with Crippen LogP contribution < -0.4 is 0 Å². The Morgan fingerprint density at radius 1 is 1.42 bits per heavy atom. The Bertz CT molecular complexity index is 690. The maximum Gasteiger partial charge on any atom is 0.419 e. The van der Waals surface area contributed by atoms with E-state index in [0.717, 1.165) is 0 Å². The number of ether oxygens (including phenoxy) is 1. The van der Waals surface area contributed by atoms with Gasteiger partial charge in [-0.05, 0) is 26.8 Å². The molecule has 2 aromatic rings. The number of para-hydroxylation sites is 1. The molecule has 0 amide bonds. The largest absolute Gasteiger partial charge is 0.443 e. The molecule has 0 saturated carbocycles. The molecule has 0 bridgehead atoms. The number of nitrogens with zero attached hydrogens (tertiary/aromatic N) is 2. The maximum atomic E-state index is 12.1.